The minimum absolute atomic E-state index is 0.178. The Morgan fingerprint density at radius 3 is 2.86 bits per heavy atom. The molecule has 0 aliphatic carbocycles. The van der Waals surface area contributed by atoms with Crippen LogP contribution in [0.2, 0.25) is 0 Å². The highest BCUT2D eigenvalue weighted by atomic mass is 16.1. The minimum Gasteiger partial charge on any atom is -0.368 e. The molecule has 1 heterocycles. The van der Waals surface area contributed by atoms with Crippen LogP contribution in [0.3, 0.4) is 0 Å². The lowest BCUT2D eigenvalue weighted by Gasteiger charge is -2.22. The van der Waals surface area contributed by atoms with E-state index in [0.717, 1.165) is 19.5 Å². The van der Waals surface area contributed by atoms with Crippen LogP contribution in [-0.2, 0) is 4.79 Å². The Kier molecular flexibility index (Phi) is 4.35. The fraction of sp³-hybridized carbons (Fsp3) is 0.900. The zero-order chi connectivity index (χ0) is 10.6. The van der Waals surface area contributed by atoms with E-state index in [4.69, 9.17) is 5.73 Å². The molecule has 0 spiro atoms. The average molecular weight is 199 g/mol. The van der Waals surface area contributed by atoms with E-state index < -0.39 is 0 Å². The number of carbonyl (C=O) groups excluding carboxylic acids is 1. The third-order valence-electron chi connectivity index (χ3n) is 3.09. The maximum absolute atomic E-state index is 11.0. The van der Waals surface area contributed by atoms with Crippen LogP contribution < -0.4 is 11.1 Å². The average Bonchev–Trinajstić information content (AvgIpc) is 2.52. The van der Waals surface area contributed by atoms with Gasteiger partial charge in [-0.15, -0.1) is 0 Å². The highest BCUT2D eigenvalue weighted by Crippen LogP contribution is 2.16. The molecule has 14 heavy (non-hydrogen) atoms. The molecule has 4 heteroatoms. The summed E-state index contributed by atoms with van der Waals surface area (Å²) in [6.07, 6.45) is 3.37. The summed E-state index contributed by atoms with van der Waals surface area (Å²) < 4.78 is 0. The van der Waals surface area contributed by atoms with Crippen molar-refractivity contribution < 1.29 is 4.79 Å². The molecule has 0 aromatic rings. The molecule has 1 saturated heterocycles. The van der Waals surface area contributed by atoms with Crippen molar-refractivity contribution in [2.75, 3.05) is 20.1 Å². The van der Waals surface area contributed by atoms with Crippen molar-refractivity contribution in [1.82, 2.24) is 10.2 Å². The van der Waals surface area contributed by atoms with Crippen molar-refractivity contribution in [2.24, 2.45) is 5.73 Å². The maximum atomic E-state index is 11.0. The van der Waals surface area contributed by atoms with Gasteiger partial charge in [0, 0.05) is 12.6 Å². The number of hydrogen-bond acceptors (Lipinski definition) is 3. The van der Waals surface area contributed by atoms with Gasteiger partial charge in [-0.2, -0.15) is 0 Å². The lowest BCUT2D eigenvalue weighted by Crippen LogP contribution is -2.42. The van der Waals surface area contributed by atoms with Gasteiger partial charge in [0.15, 0.2) is 0 Å². The molecule has 4 nitrogen and oxygen atoms in total. The fourth-order valence-corrected chi connectivity index (χ4v) is 2.05. The Bertz CT molecular complexity index is 196. The summed E-state index contributed by atoms with van der Waals surface area (Å²) in [5, 5.41) is 2.94. The predicted molar refractivity (Wildman–Crippen MR) is 56.9 cm³/mol. The number of likely N-dealkylation sites (tertiary alicyclic amines) is 1. The molecule has 0 bridgehead atoms. The highest BCUT2D eigenvalue weighted by Gasteiger charge is 2.21. The second-order valence-electron chi connectivity index (χ2n) is 4.06. The molecule has 2 atom stereocenters. The maximum Gasteiger partial charge on any atom is 0.234 e. The van der Waals surface area contributed by atoms with E-state index in [1.807, 2.05) is 0 Å². The Labute approximate surface area is 85.8 Å². The summed E-state index contributed by atoms with van der Waals surface area (Å²) in [5.74, 6) is -0.251. The number of nitrogens with zero attached hydrogens (tertiary/aromatic N) is 1. The number of hydrogen-bond donors (Lipinski definition) is 2. The molecule has 1 aliphatic heterocycles. The van der Waals surface area contributed by atoms with E-state index >= 15 is 0 Å². The monoisotopic (exact) mass is 199 g/mol. The second kappa shape index (κ2) is 5.32. The quantitative estimate of drug-likeness (QED) is 0.652. The molecule has 3 N–H and O–H groups in total. The molecule has 0 saturated carbocycles. The Morgan fingerprint density at radius 2 is 2.43 bits per heavy atom. The number of rotatable bonds is 5. The Balaban J connectivity index is 2.27. The predicted octanol–water partition coefficient (Wildman–Crippen LogP) is -0.0659. The number of nitrogens with two attached hydrogens (primary N) is 1. The number of carbonyl (C=O) groups is 1. The summed E-state index contributed by atoms with van der Waals surface area (Å²) in [5.41, 5.74) is 5.25. The van der Waals surface area contributed by atoms with Gasteiger partial charge >= 0.3 is 0 Å². The summed E-state index contributed by atoms with van der Waals surface area (Å²) in [6, 6.07) is 0.489. The molecule has 0 aromatic heterocycles. The van der Waals surface area contributed by atoms with Gasteiger partial charge in [-0.3, -0.25) is 4.79 Å². The molecule has 0 radical (unpaired) electrons. The molecule has 1 amide bonds. The van der Waals surface area contributed by atoms with Gasteiger partial charge in [0.2, 0.25) is 5.91 Å². The van der Waals surface area contributed by atoms with Gasteiger partial charge in [-0.25, -0.2) is 0 Å². The lowest BCUT2D eigenvalue weighted by molar-refractivity contribution is -0.120. The normalized spacial score (nSPS) is 25.1. The van der Waals surface area contributed by atoms with Crippen LogP contribution in [0.15, 0.2) is 0 Å². The van der Waals surface area contributed by atoms with Gasteiger partial charge in [0.1, 0.15) is 0 Å². The largest absolute Gasteiger partial charge is 0.368 e. The van der Waals surface area contributed by atoms with E-state index in [1.54, 1.807) is 7.05 Å². The first-order valence-electron chi connectivity index (χ1n) is 5.35. The van der Waals surface area contributed by atoms with E-state index in [9.17, 15) is 4.79 Å². The number of likely N-dealkylation sites (N-methyl/N-ethyl adjacent to an activating group) is 1. The third kappa shape index (κ3) is 2.96. The first kappa shape index (κ1) is 11.5. The zero-order valence-electron chi connectivity index (χ0n) is 9.12. The lowest BCUT2D eigenvalue weighted by atomic mass is 10.2. The van der Waals surface area contributed by atoms with Crippen LogP contribution in [0.1, 0.15) is 26.2 Å². The summed E-state index contributed by atoms with van der Waals surface area (Å²) >= 11 is 0. The highest BCUT2D eigenvalue weighted by molar-refractivity contribution is 5.79. The molecule has 2 unspecified atom stereocenters. The summed E-state index contributed by atoms with van der Waals surface area (Å²) in [4.78, 5) is 13.4. The number of nitrogens with one attached hydrogen (secondary N) is 1. The van der Waals surface area contributed by atoms with E-state index in [1.165, 1.54) is 12.8 Å². The number of primary amides is 1. The second-order valence-corrected chi connectivity index (χ2v) is 4.06. The number of amides is 1. The van der Waals surface area contributed by atoms with E-state index in [0.29, 0.717) is 6.04 Å². The molecule has 1 rings (SSSR count). The summed E-state index contributed by atoms with van der Waals surface area (Å²) in [7, 11) is 1.78. The molecule has 1 fully saturated rings. The van der Waals surface area contributed by atoms with Crippen molar-refractivity contribution in [3.8, 4) is 0 Å². The minimum atomic E-state index is -0.251. The fourth-order valence-electron chi connectivity index (χ4n) is 2.05. The Hall–Kier alpha value is -0.610. The van der Waals surface area contributed by atoms with Crippen LogP contribution in [0.5, 0.6) is 0 Å². The molecule has 1 aliphatic rings. The third-order valence-corrected chi connectivity index (χ3v) is 3.09. The van der Waals surface area contributed by atoms with Gasteiger partial charge in [-0.1, -0.05) is 0 Å². The van der Waals surface area contributed by atoms with Gasteiger partial charge in [0.25, 0.3) is 0 Å². The summed E-state index contributed by atoms with van der Waals surface area (Å²) in [6.45, 7) is 4.37. The van der Waals surface area contributed by atoms with Crippen molar-refractivity contribution in [3.63, 3.8) is 0 Å². The molecular formula is C10H21N3O. The van der Waals surface area contributed by atoms with Crippen LogP contribution in [0.25, 0.3) is 0 Å². The first-order chi connectivity index (χ1) is 6.65. The van der Waals surface area contributed by atoms with Crippen LogP contribution in [-0.4, -0.2) is 43.0 Å². The topological polar surface area (TPSA) is 58.4 Å². The zero-order valence-corrected chi connectivity index (χ0v) is 9.12. The van der Waals surface area contributed by atoms with Crippen molar-refractivity contribution in [2.45, 2.75) is 38.3 Å². The SMILES string of the molecule is CNC(CCN1CCCC1C)C(N)=O. The molecule has 82 valence electrons. The van der Waals surface area contributed by atoms with E-state index in [2.05, 4.69) is 17.1 Å². The van der Waals surface area contributed by atoms with Crippen LogP contribution >= 0.6 is 0 Å². The van der Waals surface area contributed by atoms with Crippen LogP contribution in [0.4, 0.5) is 0 Å². The van der Waals surface area contributed by atoms with Crippen LogP contribution in [0, 0.1) is 0 Å². The Morgan fingerprint density at radius 1 is 1.71 bits per heavy atom. The van der Waals surface area contributed by atoms with Crippen molar-refractivity contribution in [1.29, 1.82) is 0 Å². The van der Waals surface area contributed by atoms with Crippen molar-refractivity contribution in [3.05, 3.63) is 0 Å². The smallest absolute Gasteiger partial charge is 0.234 e. The van der Waals surface area contributed by atoms with Gasteiger partial charge in [-0.05, 0) is 39.8 Å². The van der Waals surface area contributed by atoms with Gasteiger partial charge in [0.05, 0.1) is 6.04 Å². The van der Waals surface area contributed by atoms with Gasteiger partial charge < -0.3 is 16.0 Å². The first-order valence-corrected chi connectivity index (χ1v) is 5.35. The standard InChI is InChI=1S/C10H21N3O/c1-8-4-3-6-13(8)7-5-9(12-2)10(11)14/h8-9,12H,3-7H2,1-2H3,(H2,11,14). The molecule has 0 aromatic carbocycles. The van der Waals surface area contributed by atoms with E-state index in [-0.39, 0.29) is 11.9 Å². The molecular weight excluding hydrogens is 178 g/mol. The van der Waals surface area contributed by atoms with Crippen molar-refractivity contribution >= 4 is 5.91 Å².